The van der Waals surface area contributed by atoms with Crippen molar-refractivity contribution in [2.24, 2.45) is 13.0 Å². The second-order valence-electron chi connectivity index (χ2n) is 8.03. The van der Waals surface area contributed by atoms with Crippen molar-refractivity contribution in [1.29, 1.82) is 0 Å². The van der Waals surface area contributed by atoms with Crippen LogP contribution in [-0.2, 0) is 23.1 Å². The average molecular weight is 412 g/mol. The molecule has 2 aliphatic rings. The average Bonchev–Trinajstić information content (AvgIpc) is 3.24. The summed E-state index contributed by atoms with van der Waals surface area (Å²) in [5, 5.41) is 10.5. The van der Waals surface area contributed by atoms with E-state index in [1.807, 2.05) is 32.2 Å². The fraction of sp³-hybridized carbons (Fsp3) is 0.524. The molecule has 2 aromatic rings. The molecule has 0 aromatic carbocycles. The first-order chi connectivity index (χ1) is 14.4. The van der Waals surface area contributed by atoms with Gasteiger partial charge >= 0.3 is 0 Å². The van der Waals surface area contributed by atoms with Gasteiger partial charge in [0.15, 0.2) is 0 Å². The van der Waals surface area contributed by atoms with Gasteiger partial charge in [-0.25, -0.2) is 4.98 Å². The Balaban J connectivity index is 1.40. The van der Waals surface area contributed by atoms with E-state index < -0.39 is 6.04 Å². The van der Waals surface area contributed by atoms with E-state index in [1.165, 1.54) is 0 Å². The first-order valence-electron chi connectivity index (χ1n) is 10.4. The van der Waals surface area contributed by atoms with Gasteiger partial charge in [0.1, 0.15) is 23.4 Å². The zero-order valence-corrected chi connectivity index (χ0v) is 17.6. The number of rotatable bonds is 6. The highest BCUT2D eigenvalue weighted by atomic mass is 16.5. The number of nitrogens with zero attached hydrogens (tertiary/aromatic N) is 4. The summed E-state index contributed by atoms with van der Waals surface area (Å²) in [5.41, 5.74) is 2.11. The standard InChI is InChI=1S/C21H28N6O3/c1-13-10-18(26(3)25-13)23-17-5-4-16-12-27(21(29)19(16)24-17)14(2)20(28)22-11-15-6-8-30-9-7-15/h4-5,10,14-15H,6-9,11-12H2,1-3H3,(H,22,28)(H,23,24)/t14-/m1/s1. The van der Waals surface area contributed by atoms with E-state index in [9.17, 15) is 9.59 Å². The number of amides is 2. The van der Waals surface area contributed by atoms with Crippen molar-refractivity contribution in [1.82, 2.24) is 25.0 Å². The van der Waals surface area contributed by atoms with E-state index >= 15 is 0 Å². The largest absolute Gasteiger partial charge is 0.381 e. The van der Waals surface area contributed by atoms with Crippen LogP contribution in [0.2, 0.25) is 0 Å². The summed E-state index contributed by atoms with van der Waals surface area (Å²) >= 11 is 0. The van der Waals surface area contributed by atoms with Crippen LogP contribution in [0.1, 0.15) is 41.5 Å². The Morgan fingerprint density at radius 3 is 2.80 bits per heavy atom. The fourth-order valence-electron chi connectivity index (χ4n) is 3.92. The monoisotopic (exact) mass is 412 g/mol. The molecule has 0 saturated carbocycles. The molecule has 0 aliphatic carbocycles. The van der Waals surface area contributed by atoms with Gasteiger partial charge in [-0.05, 0) is 38.7 Å². The molecule has 0 radical (unpaired) electrons. The number of pyridine rings is 1. The zero-order valence-electron chi connectivity index (χ0n) is 17.6. The van der Waals surface area contributed by atoms with E-state index in [2.05, 4.69) is 20.7 Å². The number of hydrogen-bond acceptors (Lipinski definition) is 6. The number of anilines is 2. The number of aryl methyl sites for hydroxylation is 2. The molecule has 0 unspecified atom stereocenters. The summed E-state index contributed by atoms with van der Waals surface area (Å²) in [5.74, 6) is 1.45. The van der Waals surface area contributed by atoms with Gasteiger partial charge in [-0.2, -0.15) is 5.10 Å². The number of fused-ring (bicyclic) bond motifs is 1. The van der Waals surface area contributed by atoms with Crippen LogP contribution in [0.4, 0.5) is 11.6 Å². The molecular formula is C21H28N6O3. The van der Waals surface area contributed by atoms with Crippen molar-refractivity contribution in [2.45, 2.75) is 39.3 Å². The van der Waals surface area contributed by atoms with Gasteiger partial charge in [0, 0.05) is 45.0 Å². The Morgan fingerprint density at radius 1 is 1.33 bits per heavy atom. The molecule has 2 amide bonds. The molecule has 9 nitrogen and oxygen atoms in total. The maximum absolute atomic E-state index is 12.9. The number of aromatic nitrogens is 3. The van der Waals surface area contributed by atoms with E-state index in [-0.39, 0.29) is 11.8 Å². The molecule has 1 fully saturated rings. The SMILES string of the molecule is Cc1cc(Nc2ccc3c(n2)C(=O)N([C@H](C)C(=O)NCC2CCOCC2)C3)n(C)n1. The highest BCUT2D eigenvalue weighted by molar-refractivity contribution is 5.99. The van der Waals surface area contributed by atoms with E-state index in [0.717, 1.165) is 43.1 Å². The molecule has 2 aliphatic heterocycles. The Hall–Kier alpha value is -2.94. The van der Waals surface area contributed by atoms with Gasteiger partial charge in [0.25, 0.3) is 5.91 Å². The maximum Gasteiger partial charge on any atom is 0.273 e. The van der Waals surface area contributed by atoms with Crippen LogP contribution < -0.4 is 10.6 Å². The molecule has 4 heterocycles. The van der Waals surface area contributed by atoms with Crippen molar-refractivity contribution in [2.75, 3.05) is 25.1 Å². The molecule has 30 heavy (non-hydrogen) atoms. The van der Waals surface area contributed by atoms with Gasteiger partial charge in [0.2, 0.25) is 5.91 Å². The van der Waals surface area contributed by atoms with Crippen LogP contribution >= 0.6 is 0 Å². The summed E-state index contributed by atoms with van der Waals surface area (Å²) in [6, 6.07) is 5.09. The number of carbonyl (C=O) groups excluding carboxylic acids is 2. The van der Waals surface area contributed by atoms with Gasteiger partial charge in [-0.15, -0.1) is 0 Å². The molecule has 4 rings (SSSR count). The predicted octanol–water partition coefficient (Wildman–Crippen LogP) is 1.75. The van der Waals surface area contributed by atoms with Crippen molar-refractivity contribution in [3.63, 3.8) is 0 Å². The highest BCUT2D eigenvalue weighted by Crippen LogP contribution is 2.26. The quantitative estimate of drug-likeness (QED) is 0.750. The number of carbonyl (C=O) groups is 2. The van der Waals surface area contributed by atoms with Crippen LogP contribution in [0, 0.1) is 12.8 Å². The Labute approximate surface area is 175 Å². The van der Waals surface area contributed by atoms with Crippen molar-refractivity contribution in [3.8, 4) is 0 Å². The lowest BCUT2D eigenvalue weighted by molar-refractivity contribution is -0.125. The van der Waals surface area contributed by atoms with E-state index in [4.69, 9.17) is 4.74 Å². The van der Waals surface area contributed by atoms with Crippen LogP contribution in [0.3, 0.4) is 0 Å². The van der Waals surface area contributed by atoms with Gasteiger partial charge in [-0.1, -0.05) is 6.07 Å². The molecule has 1 atom stereocenters. The minimum Gasteiger partial charge on any atom is -0.381 e. The maximum atomic E-state index is 12.9. The second-order valence-corrected chi connectivity index (χ2v) is 8.03. The van der Waals surface area contributed by atoms with Gasteiger partial charge in [0.05, 0.1) is 5.69 Å². The summed E-state index contributed by atoms with van der Waals surface area (Å²) in [7, 11) is 1.84. The van der Waals surface area contributed by atoms with Gasteiger partial charge < -0.3 is 20.3 Å². The minimum absolute atomic E-state index is 0.133. The topological polar surface area (TPSA) is 101 Å². The van der Waals surface area contributed by atoms with Crippen LogP contribution in [0.15, 0.2) is 18.2 Å². The Kier molecular flexibility index (Phi) is 5.72. The summed E-state index contributed by atoms with van der Waals surface area (Å²) in [6.07, 6.45) is 1.91. The van der Waals surface area contributed by atoms with Crippen LogP contribution in [0.5, 0.6) is 0 Å². The summed E-state index contributed by atoms with van der Waals surface area (Å²) in [6.45, 7) is 6.18. The highest BCUT2D eigenvalue weighted by Gasteiger charge is 2.35. The summed E-state index contributed by atoms with van der Waals surface area (Å²) < 4.78 is 7.08. The third-order valence-electron chi connectivity index (χ3n) is 5.79. The third kappa shape index (κ3) is 4.16. The third-order valence-corrected chi connectivity index (χ3v) is 5.79. The molecule has 0 bridgehead atoms. The molecular weight excluding hydrogens is 384 g/mol. The fourth-order valence-corrected chi connectivity index (χ4v) is 3.92. The van der Waals surface area contributed by atoms with Crippen molar-refractivity contribution in [3.05, 3.63) is 35.2 Å². The molecule has 1 saturated heterocycles. The molecule has 0 spiro atoms. The lowest BCUT2D eigenvalue weighted by atomic mass is 10.0. The second kappa shape index (κ2) is 8.43. The first-order valence-corrected chi connectivity index (χ1v) is 10.4. The van der Waals surface area contributed by atoms with Gasteiger partial charge in [-0.3, -0.25) is 14.3 Å². The molecule has 9 heteroatoms. The lowest BCUT2D eigenvalue weighted by Gasteiger charge is -2.26. The van der Waals surface area contributed by atoms with Crippen LogP contribution in [-0.4, -0.2) is 57.3 Å². The molecule has 160 valence electrons. The van der Waals surface area contributed by atoms with E-state index in [0.29, 0.717) is 30.5 Å². The number of nitrogens with one attached hydrogen (secondary N) is 2. The molecule has 2 N–H and O–H groups in total. The van der Waals surface area contributed by atoms with Crippen molar-refractivity contribution < 1.29 is 14.3 Å². The number of hydrogen-bond donors (Lipinski definition) is 2. The van der Waals surface area contributed by atoms with E-state index in [1.54, 1.807) is 16.5 Å². The van der Waals surface area contributed by atoms with Crippen molar-refractivity contribution >= 4 is 23.5 Å². The van der Waals surface area contributed by atoms with Crippen LogP contribution in [0.25, 0.3) is 0 Å². The number of ether oxygens (including phenoxy) is 1. The smallest absolute Gasteiger partial charge is 0.273 e. The first kappa shape index (κ1) is 20.3. The zero-order chi connectivity index (χ0) is 21.3. The Morgan fingerprint density at radius 2 is 2.10 bits per heavy atom. The predicted molar refractivity (Wildman–Crippen MR) is 111 cm³/mol. The molecule has 2 aromatic heterocycles. The lowest BCUT2D eigenvalue weighted by Crippen LogP contribution is -2.46. The minimum atomic E-state index is -0.553. The normalized spacial score (nSPS) is 17.7. The Bertz CT molecular complexity index is 950. The summed E-state index contributed by atoms with van der Waals surface area (Å²) in [4.78, 5) is 31.7.